The van der Waals surface area contributed by atoms with Crippen LogP contribution in [0.1, 0.15) is 11.6 Å². The lowest BCUT2D eigenvalue weighted by molar-refractivity contribution is -0.139. The summed E-state index contributed by atoms with van der Waals surface area (Å²) in [5.41, 5.74) is 0.842. The second-order valence-electron chi connectivity index (χ2n) is 7.97. The summed E-state index contributed by atoms with van der Waals surface area (Å²) in [5, 5.41) is 5.63. The molecule has 3 atom stereocenters. The number of para-hydroxylation sites is 1. The number of methoxy groups -OCH3 is 2. The van der Waals surface area contributed by atoms with Crippen molar-refractivity contribution in [2.75, 3.05) is 19.5 Å². The molecule has 0 spiro atoms. The van der Waals surface area contributed by atoms with E-state index in [4.69, 9.17) is 14.2 Å². The van der Waals surface area contributed by atoms with E-state index in [0.29, 0.717) is 0 Å². The van der Waals surface area contributed by atoms with Gasteiger partial charge in [-0.05, 0) is 34.5 Å². The second kappa shape index (κ2) is 8.22. The lowest BCUT2D eigenvalue weighted by atomic mass is 9.77. The molecule has 2 bridgehead atoms. The Kier molecular flexibility index (Phi) is 5.23. The van der Waals surface area contributed by atoms with Gasteiger partial charge in [-0.2, -0.15) is 0 Å². The zero-order valence-corrected chi connectivity index (χ0v) is 18.3. The molecule has 2 aliphatic rings. The lowest BCUT2D eigenvalue weighted by Crippen LogP contribution is -2.42. The van der Waals surface area contributed by atoms with E-state index < -0.39 is 29.7 Å². The minimum atomic E-state index is -1.26. The number of hydrogen-bond acceptors (Lipinski definition) is 6. The minimum Gasteiger partial charge on any atom is -0.466 e. The monoisotopic (exact) mass is 441 g/mol. The highest BCUT2D eigenvalue weighted by atomic mass is 16.6. The van der Waals surface area contributed by atoms with Crippen LogP contribution in [0.2, 0.25) is 0 Å². The van der Waals surface area contributed by atoms with Crippen molar-refractivity contribution < 1.29 is 23.8 Å². The van der Waals surface area contributed by atoms with Crippen molar-refractivity contribution in [3.8, 4) is 0 Å². The number of hydrogen-bond donors (Lipinski definition) is 1. The molecule has 1 N–H and O–H groups in total. The van der Waals surface area contributed by atoms with Gasteiger partial charge < -0.3 is 19.5 Å². The van der Waals surface area contributed by atoms with Crippen LogP contribution in [0.3, 0.4) is 0 Å². The summed E-state index contributed by atoms with van der Waals surface area (Å²) in [7, 11) is 2.59. The Hall–Kier alpha value is -3.90. The third-order valence-electron chi connectivity index (χ3n) is 6.23. The Balaban J connectivity index is 1.76. The van der Waals surface area contributed by atoms with Gasteiger partial charge in [0, 0.05) is 5.69 Å². The summed E-state index contributed by atoms with van der Waals surface area (Å²) in [5.74, 6) is -1.23. The van der Waals surface area contributed by atoms with Gasteiger partial charge >= 0.3 is 11.9 Å². The Morgan fingerprint density at radius 1 is 0.909 bits per heavy atom. The number of rotatable bonds is 6. The van der Waals surface area contributed by atoms with Crippen molar-refractivity contribution in [3.63, 3.8) is 0 Å². The molecule has 0 radical (unpaired) electrons. The van der Waals surface area contributed by atoms with Gasteiger partial charge in [-0.1, -0.05) is 66.7 Å². The molecule has 2 heterocycles. The second-order valence-corrected chi connectivity index (χ2v) is 7.97. The van der Waals surface area contributed by atoms with Crippen molar-refractivity contribution in [3.05, 3.63) is 102 Å². The topological polar surface area (TPSA) is 73.9 Å². The fourth-order valence-electron chi connectivity index (χ4n) is 4.80. The van der Waals surface area contributed by atoms with E-state index in [1.165, 1.54) is 14.2 Å². The van der Waals surface area contributed by atoms with Crippen molar-refractivity contribution in [2.24, 2.45) is 0 Å². The molecule has 5 rings (SSSR count). The molecular formula is C27H23NO5. The Morgan fingerprint density at radius 2 is 1.61 bits per heavy atom. The highest BCUT2D eigenvalue weighted by Crippen LogP contribution is 2.52. The molecule has 6 nitrogen and oxygen atoms in total. The van der Waals surface area contributed by atoms with E-state index in [0.717, 1.165) is 22.0 Å². The van der Waals surface area contributed by atoms with Gasteiger partial charge in [0.2, 0.25) is 0 Å². The number of benzene rings is 3. The molecule has 0 aliphatic carbocycles. The summed E-state index contributed by atoms with van der Waals surface area (Å²) >= 11 is 0. The Morgan fingerprint density at radius 3 is 2.36 bits per heavy atom. The molecule has 166 valence electrons. The van der Waals surface area contributed by atoms with Crippen molar-refractivity contribution in [1.29, 1.82) is 0 Å². The summed E-state index contributed by atoms with van der Waals surface area (Å²) in [6.45, 7) is 0. The molecule has 0 aromatic heterocycles. The van der Waals surface area contributed by atoms with Crippen LogP contribution in [0.5, 0.6) is 0 Å². The predicted molar refractivity (Wildman–Crippen MR) is 125 cm³/mol. The molecule has 0 amide bonds. The zero-order valence-electron chi connectivity index (χ0n) is 18.3. The molecule has 33 heavy (non-hydrogen) atoms. The molecule has 0 saturated carbocycles. The molecular weight excluding hydrogens is 418 g/mol. The van der Waals surface area contributed by atoms with E-state index in [2.05, 4.69) is 5.32 Å². The van der Waals surface area contributed by atoms with Crippen LogP contribution >= 0.6 is 0 Å². The fraction of sp³-hybridized carbons (Fsp3) is 0.185. The maximum atomic E-state index is 13.1. The predicted octanol–water partition coefficient (Wildman–Crippen LogP) is 4.34. The van der Waals surface area contributed by atoms with Gasteiger partial charge in [0.15, 0.2) is 0 Å². The van der Waals surface area contributed by atoms with Crippen LogP contribution in [0.25, 0.3) is 10.8 Å². The van der Waals surface area contributed by atoms with E-state index >= 15 is 0 Å². The fourth-order valence-corrected chi connectivity index (χ4v) is 4.80. The van der Waals surface area contributed by atoms with Crippen LogP contribution in [-0.4, -0.2) is 37.9 Å². The van der Waals surface area contributed by atoms with Crippen molar-refractivity contribution in [2.45, 2.75) is 17.7 Å². The quantitative estimate of drug-likeness (QED) is 0.453. The van der Waals surface area contributed by atoms with Gasteiger partial charge in [-0.3, -0.25) is 0 Å². The molecule has 3 aromatic carbocycles. The highest BCUT2D eigenvalue weighted by Gasteiger charge is 2.59. The Labute approximate surface area is 191 Å². The maximum absolute atomic E-state index is 13.1. The lowest BCUT2D eigenvalue weighted by Gasteiger charge is -2.36. The minimum absolute atomic E-state index is 0.158. The number of anilines is 1. The van der Waals surface area contributed by atoms with Crippen LogP contribution in [0, 0.1) is 0 Å². The van der Waals surface area contributed by atoms with E-state index in [1.54, 1.807) is 6.08 Å². The van der Waals surface area contributed by atoms with Crippen LogP contribution in [0.15, 0.2) is 96.1 Å². The normalized spacial score (nSPS) is 21.8. The van der Waals surface area contributed by atoms with E-state index in [1.807, 2.05) is 78.9 Å². The zero-order chi connectivity index (χ0) is 23.0. The summed E-state index contributed by atoms with van der Waals surface area (Å²) < 4.78 is 16.5. The van der Waals surface area contributed by atoms with E-state index in [-0.39, 0.29) is 11.1 Å². The largest absolute Gasteiger partial charge is 0.466 e. The number of fused-ring (bicyclic) bond motifs is 3. The molecule has 0 fully saturated rings. The van der Waals surface area contributed by atoms with Crippen LogP contribution in [-0.2, 0) is 23.8 Å². The molecule has 6 heteroatoms. The number of ether oxygens (including phenoxy) is 3. The highest BCUT2D eigenvalue weighted by molar-refractivity contribution is 6.05. The van der Waals surface area contributed by atoms with E-state index in [9.17, 15) is 9.59 Å². The third kappa shape index (κ3) is 3.31. The third-order valence-corrected chi connectivity index (χ3v) is 6.23. The molecule has 0 saturated heterocycles. The number of esters is 2. The van der Waals surface area contributed by atoms with Gasteiger partial charge in [-0.25, -0.2) is 9.59 Å². The average Bonchev–Trinajstić information content (AvgIpc) is 3.44. The first kappa shape index (κ1) is 21.0. The standard InChI is InChI=1S/C27H23NO5/c1-31-25(29)22-21-15-16-27(33-21,23(22)26(30)32-2)24(28-18-11-4-3-5-12-18)20-14-8-10-17-9-6-7-13-19(17)20/h3-16,21,24,28H,1-2H3. The molecule has 2 aliphatic heterocycles. The first-order chi connectivity index (χ1) is 16.1. The number of carbonyl (C=O) groups is 2. The van der Waals surface area contributed by atoms with Gasteiger partial charge in [0.25, 0.3) is 0 Å². The average molecular weight is 441 g/mol. The van der Waals surface area contributed by atoms with Gasteiger partial charge in [0.05, 0.1) is 31.4 Å². The van der Waals surface area contributed by atoms with Gasteiger partial charge in [-0.15, -0.1) is 0 Å². The first-order valence-electron chi connectivity index (χ1n) is 10.7. The van der Waals surface area contributed by atoms with Crippen LogP contribution in [0.4, 0.5) is 5.69 Å². The van der Waals surface area contributed by atoms with Crippen molar-refractivity contribution in [1.82, 2.24) is 0 Å². The number of nitrogens with one attached hydrogen (secondary N) is 1. The maximum Gasteiger partial charge on any atom is 0.337 e. The summed E-state index contributed by atoms with van der Waals surface area (Å²) in [4.78, 5) is 25.7. The van der Waals surface area contributed by atoms with Crippen LogP contribution < -0.4 is 5.32 Å². The molecule has 3 aromatic rings. The Bertz CT molecular complexity index is 1290. The smallest absolute Gasteiger partial charge is 0.337 e. The van der Waals surface area contributed by atoms with Crippen molar-refractivity contribution >= 4 is 28.4 Å². The van der Waals surface area contributed by atoms with Gasteiger partial charge in [0.1, 0.15) is 11.7 Å². The summed E-state index contributed by atoms with van der Waals surface area (Å²) in [6, 6.07) is 23.2. The number of carbonyl (C=O) groups excluding carboxylic acids is 2. The SMILES string of the molecule is COC(=O)C1=C(C(=O)OC)C2(C(Nc3ccccc3)c3cccc4ccccc34)C=CC1O2. The molecule has 3 unspecified atom stereocenters. The first-order valence-corrected chi connectivity index (χ1v) is 10.7. The summed E-state index contributed by atoms with van der Waals surface area (Å²) in [6.07, 6.45) is 2.95.